The van der Waals surface area contributed by atoms with Gasteiger partial charge in [0.2, 0.25) is 0 Å². The Hall–Kier alpha value is -9.62. The summed E-state index contributed by atoms with van der Waals surface area (Å²) < 4.78 is 4.64. The highest BCUT2D eigenvalue weighted by Gasteiger charge is 2.21. The van der Waals surface area contributed by atoms with Crippen LogP contribution in [0, 0.1) is 36.5 Å². The first-order valence-electron chi connectivity index (χ1n) is 23.3. The maximum Gasteiger partial charge on any atom is 0.0991 e. The van der Waals surface area contributed by atoms with Crippen LogP contribution in [0.5, 0.6) is 0 Å². The predicted octanol–water partition coefficient (Wildman–Crippen LogP) is 16.9. The molecule has 0 spiro atoms. The smallest absolute Gasteiger partial charge is 0.0991 e. The van der Waals surface area contributed by atoms with Crippen LogP contribution in [-0.2, 0) is 0 Å². The second kappa shape index (κ2) is 18.2. The normalized spacial score (nSPS) is 11.3. The van der Waals surface area contributed by atoms with Crippen LogP contribution >= 0.6 is 0 Å². The number of fused-ring (bicyclic) bond motifs is 4. The summed E-state index contributed by atoms with van der Waals surface area (Å²) in [5, 5.41) is 22.9. The van der Waals surface area contributed by atoms with Crippen LogP contribution in [0.3, 0.4) is 0 Å². The third kappa shape index (κ3) is 7.66. The fourth-order valence-electron chi connectivity index (χ4n) is 9.97. The molecule has 0 unspecified atom stereocenters. The predicted molar refractivity (Wildman–Crippen MR) is 291 cm³/mol. The molecule has 0 bridgehead atoms. The third-order valence-electron chi connectivity index (χ3n) is 13.3. The minimum Gasteiger partial charge on any atom is -0.313 e. The molecule has 11 aromatic rings. The molecular formula is C64H46N6. The van der Waals surface area contributed by atoms with Gasteiger partial charge in [-0.05, 0) is 170 Å². The second-order valence-electron chi connectivity index (χ2n) is 17.4. The Morgan fingerprint density at radius 3 is 1.47 bits per heavy atom. The minimum absolute atomic E-state index is 0.607. The molecular weight excluding hydrogens is 853 g/mol. The number of allylic oxidation sites excluding steroid dienone is 2. The zero-order valence-corrected chi connectivity index (χ0v) is 38.8. The van der Waals surface area contributed by atoms with Gasteiger partial charge in [-0.15, -0.1) is 0 Å². The van der Waals surface area contributed by atoms with Crippen LogP contribution in [-0.4, -0.2) is 9.13 Å². The van der Waals surface area contributed by atoms with Crippen LogP contribution in [0.25, 0.3) is 61.3 Å². The second-order valence-corrected chi connectivity index (χ2v) is 17.4. The lowest BCUT2D eigenvalue weighted by atomic mass is 9.98. The first-order chi connectivity index (χ1) is 34.4. The summed E-state index contributed by atoms with van der Waals surface area (Å²) >= 11 is 0. The van der Waals surface area contributed by atoms with Gasteiger partial charge in [-0.3, -0.25) is 0 Å². The highest BCUT2D eigenvalue weighted by Crippen LogP contribution is 2.43. The molecule has 0 aliphatic carbocycles. The highest BCUT2D eigenvalue weighted by atomic mass is 15.1. The van der Waals surface area contributed by atoms with Crippen molar-refractivity contribution in [2.45, 2.75) is 13.8 Å². The van der Waals surface area contributed by atoms with Crippen LogP contribution in [0.15, 0.2) is 231 Å². The van der Waals surface area contributed by atoms with Crippen molar-refractivity contribution >= 4 is 72.9 Å². The van der Waals surface area contributed by atoms with Crippen molar-refractivity contribution in [2.24, 2.45) is 0 Å². The summed E-state index contributed by atoms with van der Waals surface area (Å²) in [6, 6.07) is 78.4. The van der Waals surface area contributed by atoms with Gasteiger partial charge in [0.1, 0.15) is 0 Å². The Morgan fingerprint density at radius 1 is 0.443 bits per heavy atom. The fraction of sp³-hybridized carbons (Fsp3) is 0.0312. The van der Waals surface area contributed by atoms with Crippen LogP contribution in [0.4, 0.5) is 34.1 Å². The van der Waals surface area contributed by atoms with Gasteiger partial charge in [-0.25, -0.2) is 0 Å². The molecule has 0 radical (unpaired) electrons. The maximum absolute atomic E-state index is 9.72. The average molecular weight is 899 g/mol. The highest BCUT2D eigenvalue weighted by molar-refractivity contribution is 6.10. The Bertz CT molecular complexity index is 3860. The number of benzene rings is 9. The number of para-hydroxylation sites is 3. The molecule has 0 atom stereocenters. The molecule has 70 heavy (non-hydrogen) atoms. The lowest BCUT2D eigenvalue weighted by Crippen LogP contribution is -2.10. The van der Waals surface area contributed by atoms with E-state index in [1.165, 1.54) is 5.39 Å². The summed E-state index contributed by atoms with van der Waals surface area (Å²) in [4.78, 5) is 4.52. The van der Waals surface area contributed by atoms with E-state index < -0.39 is 0 Å². The molecule has 0 aliphatic heterocycles. The first-order valence-corrected chi connectivity index (χ1v) is 23.3. The van der Waals surface area contributed by atoms with Gasteiger partial charge in [0.15, 0.2) is 0 Å². The van der Waals surface area contributed by atoms with Crippen LogP contribution in [0.2, 0.25) is 0 Å². The van der Waals surface area contributed by atoms with Crippen molar-refractivity contribution in [3.05, 3.63) is 259 Å². The van der Waals surface area contributed by atoms with Crippen molar-refractivity contribution in [1.82, 2.24) is 9.13 Å². The van der Waals surface area contributed by atoms with Gasteiger partial charge in [0.05, 0.1) is 39.8 Å². The number of hydrogen-bond acceptors (Lipinski definition) is 4. The number of aryl methyl sites for hydroxylation is 1. The SMILES string of the molecule is C=CC=Cc1c(C)n(-c2ccccc2)c2ccc(N(c3ccc(C#N)cc3)c3ccc(-c4ccc(N(c5ccc(C#N)cc5)c5ccc6c(c5)c5ccccc5n6-c5ccccc5)cc4)c(C)c3)cc12. The van der Waals surface area contributed by atoms with E-state index in [4.69, 9.17) is 0 Å². The number of anilines is 6. The number of aromatic nitrogens is 2. The zero-order valence-electron chi connectivity index (χ0n) is 38.8. The van der Waals surface area contributed by atoms with Crippen molar-refractivity contribution in [3.63, 3.8) is 0 Å². The van der Waals surface area contributed by atoms with Crippen molar-refractivity contribution in [1.29, 1.82) is 10.5 Å². The molecule has 0 fully saturated rings. The largest absolute Gasteiger partial charge is 0.313 e. The average Bonchev–Trinajstić information content (AvgIpc) is 3.89. The van der Waals surface area contributed by atoms with E-state index in [1.807, 2.05) is 72.8 Å². The lowest BCUT2D eigenvalue weighted by Gasteiger charge is -2.27. The Balaban J connectivity index is 0.985. The summed E-state index contributed by atoms with van der Waals surface area (Å²) in [7, 11) is 0. The molecule has 0 saturated heterocycles. The topological polar surface area (TPSA) is 63.9 Å². The van der Waals surface area contributed by atoms with Gasteiger partial charge < -0.3 is 18.9 Å². The molecule has 2 heterocycles. The van der Waals surface area contributed by atoms with Gasteiger partial charge in [0.25, 0.3) is 0 Å². The van der Waals surface area contributed by atoms with E-state index in [0.717, 1.165) is 101 Å². The molecule has 11 rings (SSSR count). The standard InChI is InChI=1S/C64H46N6/c1-4-5-18-58-45(3)67(49-14-8-6-9-15-49)63-37-34-56(40-60(58)63)69(52-29-23-47(43-66)24-30-52)54-33-36-57(44(2)39-54)48-25-31-53(32-26-48)68(51-27-21-46(42-65)22-28-51)55-35-38-64-61(41-55)59-19-12-13-20-62(59)70(64)50-16-10-7-11-17-50/h4-41H,1H2,2-3H3. The summed E-state index contributed by atoms with van der Waals surface area (Å²) in [6.07, 6.45) is 5.94. The van der Waals surface area contributed by atoms with Crippen LogP contribution < -0.4 is 9.80 Å². The maximum atomic E-state index is 9.72. The summed E-state index contributed by atoms with van der Waals surface area (Å²) in [5.74, 6) is 0. The van der Waals surface area contributed by atoms with E-state index >= 15 is 0 Å². The van der Waals surface area contributed by atoms with Gasteiger partial charge in [0, 0.05) is 72.9 Å². The monoisotopic (exact) mass is 898 g/mol. The quantitative estimate of drug-likeness (QED) is 0.121. The lowest BCUT2D eigenvalue weighted by molar-refractivity contribution is 1.05. The number of nitrogens with zero attached hydrogens (tertiary/aromatic N) is 6. The third-order valence-corrected chi connectivity index (χ3v) is 13.3. The number of rotatable bonds is 11. The molecule has 332 valence electrons. The molecule has 0 saturated carbocycles. The van der Waals surface area contributed by atoms with Crippen molar-refractivity contribution in [2.75, 3.05) is 9.80 Å². The molecule has 6 nitrogen and oxygen atoms in total. The number of nitriles is 2. The Kier molecular flexibility index (Phi) is 11.2. The molecule has 0 N–H and O–H groups in total. The summed E-state index contributed by atoms with van der Waals surface area (Å²) in [6.45, 7) is 8.29. The molecule has 9 aromatic carbocycles. The van der Waals surface area contributed by atoms with Gasteiger partial charge in [-0.2, -0.15) is 10.5 Å². The van der Waals surface area contributed by atoms with E-state index in [9.17, 15) is 10.5 Å². The van der Waals surface area contributed by atoms with Crippen LogP contribution in [0.1, 0.15) is 27.9 Å². The van der Waals surface area contributed by atoms with Crippen molar-refractivity contribution < 1.29 is 0 Å². The van der Waals surface area contributed by atoms with Gasteiger partial charge >= 0.3 is 0 Å². The van der Waals surface area contributed by atoms with E-state index in [1.54, 1.807) is 0 Å². The first kappa shape index (κ1) is 43.0. The molecule has 0 amide bonds. The van der Waals surface area contributed by atoms with E-state index in [2.05, 4.69) is 209 Å². The fourth-order valence-corrected chi connectivity index (χ4v) is 9.97. The van der Waals surface area contributed by atoms with E-state index in [-0.39, 0.29) is 0 Å². The van der Waals surface area contributed by atoms with Gasteiger partial charge in [-0.1, -0.05) is 97.6 Å². The Labute approximate surface area is 408 Å². The molecule has 2 aromatic heterocycles. The van der Waals surface area contributed by atoms with E-state index in [0.29, 0.717) is 11.1 Å². The minimum atomic E-state index is 0.607. The zero-order chi connectivity index (χ0) is 47.7. The van der Waals surface area contributed by atoms with Crippen molar-refractivity contribution in [3.8, 4) is 34.6 Å². The summed E-state index contributed by atoms with van der Waals surface area (Å²) in [5.41, 5.74) is 18.3. The number of hydrogen-bond donors (Lipinski definition) is 0. The molecule has 0 aliphatic rings. The Morgan fingerprint density at radius 2 is 0.900 bits per heavy atom. The molecule has 6 heteroatoms.